The zero-order valence-electron chi connectivity index (χ0n) is 14.9. The van der Waals surface area contributed by atoms with Crippen molar-refractivity contribution in [2.24, 2.45) is 23.7 Å². The molecule has 0 aromatic heterocycles. The molecule has 1 saturated heterocycles. The van der Waals surface area contributed by atoms with E-state index in [0.717, 1.165) is 35.5 Å². The van der Waals surface area contributed by atoms with Crippen LogP contribution in [0.5, 0.6) is 5.75 Å². The Labute approximate surface area is 146 Å². The fourth-order valence-electron chi connectivity index (χ4n) is 6.85. The summed E-state index contributed by atoms with van der Waals surface area (Å²) < 4.78 is 5.57. The number of hydrogen-bond donors (Lipinski definition) is 1. The first-order chi connectivity index (χ1) is 11.8. The van der Waals surface area contributed by atoms with Gasteiger partial charge in [-0.1, -0.05) is 12.1 Å². The van der Waals surface area contributed by atoms with Crippen LogP contribution >= 0.6 is 0 Å². The molecule has 3 nitrogen and oxygen atoms in total. The minimum atomic E-state index is 0.984. The van der Waals surface area contributed by atoms with E-state index in [1.54, 1.807) is 39.2 Å². The van der Waals surface area contributed by atoms with Crippen molar-refractivity contribution in [1.82, 2.24) is 0 Å². The first-order valence-electron chi connectivity index (χ1n) is 10.0. The summed E-state index contributed by atoms with van der Waals surface area (Å²) in [6.45, 7) is 4.98. The highest BCUT2D eigenvalue weighted by molar-refractivity contribution is 5.58. The maximum atomic E-state index is 5.57. The largest absolute Gasteiger partial charge is 0.495 e. The summed E-state index contributed by atoms with van der Waals surface area (Å²) >= 11 is 0. The number of methoxy groups -OCH3 is 1. The van der Waals surface area contributed by atoms with Gasteiger partial charge in [-0.05, 0) is 56.1 Å². The van der Waals surface area contributed by atoms with Gasteiger partial charge in [0.25, 0.3) is 0 Å². The standard InChI is InChI=1S/C21H30N2O/c1-24-20-5-3-2-4-19(20)22-6-8-23(9-7-22)21-17-11-15-10-16(13-17)14-18(21)12-15/h2-5,15-18,21H,6-14H2,1H3/p+1. The number of nitrogens with one attached hydrogen (secondary N) is 1. The molecule has 5 aliphatic rings. The Kier molecular flexibility index (Phi) is 3.73. The van der Waals surface area contributed by atoms with Crippen molar-refractivity contribution in [2.75, 3.05) is 38.2 Å². The third-order valence-electron chi connectivity index (χ3n) is 7.53. The average Bonchev–Trinajstić information content (AvgIpc) is 2.61. The summed E-state index contributed by atoms with van der Waals surface area (Å²) in [6.07, 6.45) is 7.78. The van der Waals surface area contributed by atoms with E-state index in [1.807, 2.05) is 4.90 Å². The lowest BCUT2D eigenvalue weighted by molar-refractivity contribution is -0.936. The molecule has 24 heavy (non-hydrogen) atoms. The predicted octanol–water partition coefficient (Wildman–Crippen LogP) is 2.22. The number of quaternary nitrogens is 1. The molecule has 0 radical (unpaired) electrons. The van der Waals surface area contributed by atoms with Gasteiger partial charge in [-0.3, -0.25) is 0 Å². The van der Waals surface area contributed by atoms with Crippen LogP contribution in [-0.4, -0.2) is 39.3 Å². The number of hydrogen-bond acceptors (Lipinski definition) is 2. The normalized spacial score (nSPS) is 38.5. The number of piperazine rings is 1. The van der Waals surface area contributed by atoms with Crippen molar-refractivity contribution in [2.45, 2.75) is 38.1 Å². The van der Waals surface area contributed by atoms with E-state index in [-0.39, 0.29) is 0 Å². The van der Waals surface area contributed by atoms with Gasteiger partial charge in [-0.15, -0.1) is 0 Å². The van der Waals surface area contributed by atoms with E-state index < -0.39 is 0 Å². The minimum absolute atomic E-state index is 0.984. The topological polar surface area (TPSA) is 16.9 Å². The fourth-order valence-corrected chi connectivity index (χ4v) is 6.85. The predicted molar refractivity (Wildman–Crippen MR) is 96.7 cm³/mol. The van der Waals surface area contributed by atoms with Gasteiger partial charge in [0.2, 0.25) is 0 Å². The van der Waals surface area contributed by atoms with Crippen molar-refractivity contribution in [3.05, 3.63) is 24.3 Å². The molecule has 3 heteroatoms. The molecule has 1 aromatic rings. The number of rotatable bonds is 3. The monoisotopic (exact) mass is 327 g/mol. The van der Waals surface area contributed by atoms with Gasteiger partial charge in [0.1, 0.15) is 5.75 Å². The van der Waals surface area contributed by atoms with Crippen LogP contribution in [0.3, 0.4) is 0 Å². The lowest BCUT2D eigenvalue weighted by atomic mass is 9.54. The smallest absolute Gasteiger partial charge is 0.142 e. The highest BCUT2D eigenvalue weighted by Gasteiger charge is 2.52. The van der Waals surface area contributed by atoms with Gasteiger partial charge in [-0.25, -0.2) is 0 Å². The Bertz CT molecular complexity index is 565. The van der Waals surface area contributed by atoms with Crippen molar-refractivity contribution < 1.29 is 9.64 Å². The van der Waals surface area contributed by atoms with Crippen LogP contribution < -0.4 is 14.5 Å². The highest BCUT2D eigenvalue weighted by Crippen LogP contribution is 2.53. The zero-order valence-corrected chi connectivity index (χ0v) is 14.9. The van der Waals surface area contributed by atoms with Gasteiger partial charge < -0.3 is 14.5 Å². The molecule has 1 aromatic carbocycles. The van der Waals surface area contributed by atoms with Crippen LogP contribution in [-0.2, 0) is 0 Å². The second-order valence-corrected chi connectivity index (χ2v) is 8.77. The minimum Gasteiger partial charge on any atom is -0.495 e. The van der Waals surface area contributed by atoms with E-state index in [4.69, 9.17) is 4.74 Å². The zero-order chi connectivity index (χ0) is 16.1. The van der Waals surface area contributed by atoms with Crippen molar-refractivity contribution in [3.63, 3.8) is 0 Å². The summed E-state index contributed by atoms with van der Waals surface area (Å²) in [5.74, 6) is 5.31. The van der Waals surface area contributed by atoms with E-state index in [0.29, 0.717) is 0 Å². The molecule has 0 spiro atoms. The van der Waals surface area contributed by atoms with E-state index >= 15 is 0 Å². The molecule has 1 heterocycles. The van der Waals surface area contributed by atoms with E-state index in [9.17, 15) is 0 Å². The summed E-state index contributed by atoms with van der Waals surface area (Å²) in [4.78, 5) is 4.47. The summed E-state index contributed by atoms with van der Waals surface area (Å²) in [6, 6.07) is 9.49. The van der Waals surface area contributed by atoms with Crippen LogP contribution in [0.1, 0.15) is 32.1 Å². The average molecular weight is 327 g/mol. The molecular weight excluding hydrogens is 296 g/mol. The van der Waals surface area contributed by atoms with E-state index in [1.165, 1.54) is 31.9 Å². The Hall–Kier alpha value is -1.22. The van der Waals surface area contributed by atoms with Crippen LogP contribution in [0.2, 0.25) is 0 Å². The second kappa shape index (κ2) is 5.94. The number of para-hydroxylation sites is 2. The molecule has 0 amide bonds. The molecule has 4 aliphatic carbocycles. The molecule has 4 saturated carbocycles. The van der Waals surface area contributed by atoms with Gasteiger partial charge in [-0.2, -0.15) is 0 Å². The molecule has 6 rings (SSSR count). The van der Waals surface area contributed by atoms with Crippen LogP contribution in [0.4, 0.5) is 5.69 Å². The number of nitrogens with zero attached hydrogens (tertiary/aromatic N) is 1. The fraction of sp³-hybridized carbons (Fsp3) is 0.714. The van der Waals surface area contributed by atoms with Gasteiger partial charge >= 0.3 is 0 Å². The van der Waals surface area contributed by atoms with Crippen LogP contribution in [0.15, 0.2) is 24.3 Å². The molecule has 130 valence electrons. The summed E-state index contributed by atoms with van der Waals surface area (Å²) in [5.41, 5.74) is 1.28. The van der Waals surface area contributed by atoms with Crippen molar-refractivity contribution in [3.8, 4) is 5.75 Å². The first kappa shape index (κ1) is 15.1. The Balaban J connectivity index is 1.27. The maximum Gasteiger partial charge on any atom is 0.142 e. The summed E-state index contributed by atoms with van der Waals surface area (Å²) in [5, 5.41) is 0. The first-order valence-corrected chi connectivity index (χ1v) is 10.0. The third-order valence-corrected chi connectivity index (χ3v) is 7.53. The Morgan fingerprint density at radius 3 is 2.17 bits per heavy atom. The number of benzene rings is 1. The Morgan fingerprint density at radius 1 is 0.917 bits per heavy atom. The SMILES string of the molecule is COc1ccccc1N1CC[NH+](C2C3CC4CC(C3)CC2C4)CC1. The molecule has 4 bridgehead atoms. The lowest BCUT2D eigenvalue weighted by Crippen LogP contribution is -3.20. The lowest BCUT2D eigenvalue weighted by Gasteiger charge is -2.56. The van der Waals surface area contributed by atoms with Gasteiger partial charge in [0.15, 0.2) is 0 Å². The van der Waals surface area contributed by atoms with Crippen molar-refractivity contribution in [1.29, 1.82) is 0 Å². The van der Waals surface area contributed by atoms with Crippen LogP contribution in [0, 0.1) is 23.7 Å². The molecular formula is C21H31N2O+. The molecule has 0 atom stereocenters. The highest BCUT2D eigenvalue weighted by atomic mass is 16.5. The second-order valence-electron chi connectivity index (χ2n) is 8.77. The third kappa shape index (κ3) is 2.44. The van der Waals surface area contributed by atoms with Crippen LogP contribution in [0.25, 0.3) is 0 Å². The molecule has 1 N–H and O–H groups in total. The number of anilines is 1. The molecule has 1 aliphatic heterocycles. The molecule has 0 unspecified atom stereocenters. The maximum absolute atomic E-state index is 5.57. The summed E-state index contributed by atoms with van der Waals surface area (Å²) in [7, 11) is 1.79. The quantitative estimate of drug-likeness (QED) is 0.917. The van der Waals surface area contributed by atoms with Gasteiger partial charge in [0.05, 0.1) is 45.0 Å². The Morgan fingerprint density at radius 2 is 1.54 bits per heavy atom. The van der Waals surface area contributed by atoms with Gasteiger partial charge in [0, 0.05) is 11.8 Å². The number of ether oxygens (including phenoxy) is 1. The van der Waals surface area contributed by atoms with Crippen molar-refractivity contribution >= 4 is 5.69 Å². The molecule has 5 fully saturated rings. The van der Waals surface area contributed by atoms with E-state index in [2.05, 4.69) is 29.2 Å².